The smallest absolute Gasteiger partial charge is 0.224 e. The van der Waals surface area contributed by atoms with E-state index in [0.717, 1.165) is 43.8 Å². The van der Waals surface area contributed by atoms with Gasteiger partial charge in [-0.15, -0.1) is 0 Å². The molecule has 0 aliphatic carbocycles. The molecule has 0 amide bonds. The SMILES string of the molecule is CCc1cc(NC(CC)CCCCCCOC)nc(Cl)n1. The van der Waals surface area contributed by atoms with E-state index >= 15 is 0 Å². The third-order valence-electron chi connectivity index (χ3n) is 3.61. The lowest BCUT2D eigenvalue weighted by atomic mass is 10.1. The third-order valence-corrected chi connectivity index (χ3v) is 3.78. The number of aryl methyl sites for hydroxylation is 1. The van der Waals surface area contributed by atoms with E-state index in [2.05, 4.69) is 29.1 Å². The molecule has 120 valence electrons. The number of unbranched alkanes of at least 4 members (excludes halogenated alkanes) is 3. The number of hydrogen-bond donors (Lipinski definition) is 1. The maximum Gasteiger partial charge on any atom is 0.224 e. The lowest BCUT2D eigenvalue weighted by Gasteiger charge is -2.18. The Morgan fingerprint density at radius 3 is 2.62 bits per heavy atom. The fraction of sp³-hybridized carbons (Fsp3) is 0.750. The van der Waals surface area contributed by atoms with Crippen molar-refractivity contribution in [1.29, 1.82) is 0 Å². The monoisotopic (exact) mass is 313 g/mol. The van der Waals surface area contributed by atoms with Crippen LogP contribution in [0, 0.1) is 0 Å². The fourth-order valence-electron chi connectivity index (χ4n) is 2.30. The van der Waals surface area contributed by atoms with Gasteiger partial charge in [-0.2, -0.15) is 0 Å². The highest BCUT2D eigenvalue weighted by Gasteiger charge is 2.08. The number of aromatic nitrogens is 2. The van der Waals surface area contributed by atoms with Crippen LogP contribution in [-0.2, 0) is 11.2 Å². The Kier molecular flexibility index (Phi) is 9.35. The van der Waals surface area contributed by atoms with Gasteiger partial charge in [0.05, 0.1) is 0 Å². The van der Waals surface area contributed by atoms with Gasteiger partial charge in [0.2, 0.25) is 5.28 Å². The van der Waals surface area contributed by atoms with E-state index in [9.17, 15) is 0 Å². The van der Waals surface area contributed by atoms with Crippen molar-refractivity contribution in [3.63, 3.8) is 0 Å². The highest BCUT2D eigenvalue weighted by atomic mass is 35.5. The molecule has 1 atom stereocenters. The van der Waals surface area contributed by atoms with Crippen LogP contribution in [0.3, 0.4) is 0 Å². The maximum atomic E-state index is 5.96. The van der Waals surface area contributed by atoms with Gasteiger partial charge in [0.25, 0.3) is 0 Å². The predicted octanol–water partition coefficient (Wildman–Crippen LogP) is 4.48. The molecule has 0 radical (unpaired) electrons. The van der Waals surface area contributed by atoms with Gasteiger partial charge in [-0.3, -0.25) is 0 Å². The first-order valence-corrected chi connectivity index (χ1v) is 8.36. The molecule has 1 rings (SSSR count). The van der Waals surface area contributed by atoms with Crippen LogP contribution in [0.4, 0.5) is 5.82 Å². The van der Waals surface area contributed by atoms with Crippen LogP contribution >= 0.6 is 11.6 Å². The zero-order valence-electron chi connectivity index (χ0n) is 13.5. The molecule has 0 aromatic carbocycles. The molecular formula is C16H28ClN3O. The van der Waals surface area contributed by atoms with Gasteiger partial charge < -0.3 is 10.1 Å². The Hall–Kier alpha value is -0.870. The number of halogens is 1. The quantitative estimate of drug-likeness (QED) is 0.483. The summed E-state index contributed by atoms with van der Waals surface area (Å²) < 4.78 is 5.06. The van der Waals surface area contributed by atoms with Crippen LogP contribution in [0.5, 0.6) is 0 Å². The minimum absolute atomic E-state index is 0.325. The number of nitrogens with one attached hydrogen (secondary N) is 1. The summed E-state index contributed by atoms with van der Waals surface area (Å²) in [5.74, 6) is 0.845. The Balaban J connectivity index is 2.37. The van der Waals surface area contributed by atoms with Gasteiger partial charge in [0, 0.05) is 31.5 Å². The summed E-state index contributed by atoms with van der Waals surface area (Å²) in [6, 6.07) is 2.44. The van der Waals surface area contributed by atoms with Crippen molar-refractivity contribution in [1.82, 2.24) is 9.97 Å². The van der Waals surface area contributed by atoms with Crippen molar-refractivity contribution in [3.05, 3.63) is 17.0 Å². The van der Waals surface area contributed by atoms with Crippen LogP contribution in [0.25, 0.3) is 0 Å². The number of methoxy groups -OCH3 is 1. The second-order valence-electron chi connectivity index (χ2n) is 5.31. The Bertz CT molecular complexity index is 401. The summed E-state index contributed by atoms with van der Waals surface area (Å²) in [5, 5.41) is 3.81. The van der Waals surface area contributed by atoms with Crippen LogP contribution < -0.4 is 5.32 Å². The number of hydrogen-bond acceptors (Lipinski definition) is 4. The molecule has 0 saturated heterocycles. The van der Waals surface area contributed by atoms with E-state index < -0.39 is 0 Å². The summed E-state index contributed by atoms with van der Waals surface area (Å²) >= 11 is 5.96. The van der Waals surface area contributed by atoms with Crippen molar-refractivity contribution in [3.8, 4) is 0 Å². The van der Waals surface area contributed by atoms with E-state index in [1.54, 1.807) is 7.11 Å². The normalized spacial score (nSPS) is 12.4. The van der Waals surface area contributed by atoms with Crippen molar-refractivity contribution < 1.29 is 4.74 Å². The second-order valence-corrected chi connectivity index (χ2v) is 5.65. The number of rotatable bonds is 11. The molecular weight excluding hydrogens is 286 g/mol. The van der Waals surface area contributed by atoms with Gasteiger partial charge in [-0.1, -0.05) is 33.1 Å². The lowest BCUT2D eigenvalue weighted by Crippen LogP contribution is -2.19. The zero-order chi connectivity index (χ0) is 15.5. The van der Waals surface area contributed by atoms with Gasteiger partial charge in [-0.05, 0) is 37.3 Å². The average molecular weight is 314 g/mol. The summed E-state index contributed by atoms with van der Waals surface area (Å²) in [6.45, 7) is 5.14. The third kappa shape index (κ3) is 7.63. The summed E-state index contributed by atoms with van der Waals surface area (Å²) in [4.78, 5) is 8.46. The minimum Gasteiger partial charge on any atom is -0.385 e. The maximum absolute atomic E-state index is 5.96. The van der Waals surface area contributed by atoms with Crippen LogP contribution in [0.15, 0.2) is 6.07 Å². The number of nitrogens with zero attached hydrogens (tertiary/aromatic N) is 2. The largest absolute Gasteiger partial charge is 0.385 e. The molecule has 4 nitrogen and oxygen atoms in total. The standard InChI is InChI=1S/C16H28ClN3O/c1-4-13(10-8-6-7-9-11-21-3)18-15-12-14(5-2)19-16(17)20-15/h12-13H,4-11H2,1-3H3,(H,18,19,20). The zero-order valence-corrected chi connectivity index (χ0v) is 14.2. The van der Waals surface area contributed by atoms with E-state index in [-0.39, 0.29) is 0 Å². The molecule has 1 N–H and O–H groups in total. The Morgan fingerprint density at radius 1 is 1.19 bits per heavy atom. The topological polar surface area (TPSA) is 47.0 Å². The molecule has 0 fully saturated rings. The number of anilines is 1. The summed E-state index contributed by atoms with van der Waals surface area (Å²) in [6.07, 6.45) is 7.99. The molecule has 0 bridgehead atoms. The predicted molar refractivity (Wildman–Crippen MR) is 89.1 cm³/mol. The first kappa shape index (κ1) is 18.2. The molecule has 1 aromatic heterocycles. The van der Waals surface area contributed by atoms with E-state index in [1.165, 1.54) is 19.3 Å². The van der Waals surface area contributed by atoms with Gasteiger partial charge in [0.15, 0.2) is 0 Å². The molecule has 1 heterocycles. The van der Waals surface area contributed by atoms with Crippen LogP contribution in [0.1, 0.15) is 58.1 Å². The highest BCUT2D eigenvalue weighted by molar-refractivity contribution is 6.28. The molecule has 5 heteroatoms. The lowest BCUT2D eigenvalue weighted by molar-refractivity contribution is 0.192. The van der Waals surface area contributed by atoms with E-state index in [0.29, 0.717) is 11.3 Å². The molecule has 0 aliphatic rings. The molecule has 21 heavy (non-hydrogen) atoms. The van der Waals surface area contributed by atoms with Crippen LogP contribution in [-0.4, -0.2) is 29.7 Å². The van der Waals surface area contributed by atoms with Crippen LogP contribution in [0.2, 0.25) is 5.28 Å². The average Bonchev–Trinajstić information content (AvgIpc) is 2.48. The Labute approximate surface area is 133 Å². The molecule has 1 aromatic rings. The minimum atomic E-state index is 0.325. The van der Waals surface area contributed by atoms with E-state index in [1.807, 2.05) is 6.07 Å². The first-order valence-electron chi connectivity index (χ1n) is 7.98. The Morgan fingerprint density at radius 2 is 1.95 bits per heavy atom. The second kappa shape index (κ2) is 10.8. The summed E-state index contributed by atoms with van der Waals surface area (Å²) in [7, 11) is 1.76. The van der Waals surface area contributed by atoms with Crippen molar-refractivity contribution in [2.45, 2.75) is 64.8 Å². The van der Waals surface area contributed by atoms with E-state index in [4.69, 9.17) is 16.3 Å². The van der Waals surface area contributed by atoms with Gasteiger partial charge in [0.1, 0.15) is 5.82 Å². The van der Waals surface area contributed by atoms with Crippen molar-refractivity contribution >= 4 is 17.4 Å². The number of ether oxygens (including phenoxy) is 1. The molecule has 1 unspecified atom stereocenters. The first-order chi connectivity index (χ1) is 10.2. The summed E-state index contributed by atoms with van der Waals surface area (Å²) in [5.41, 5.74) is 0.979. The van der Waals surface area contributed by atoms with Gasteiger partial charge >= 0.3 is 0 Å². The molecule has 0 aliphatic heterocycles. The highest BCUT2D eigenvalue weighted by Crippen LogP contribution is 2.16. The van der Waals surface area contributed by atoms with Crippen molar-refractivity contribution in [2.24, 2.45) is 0 Å². The molecule has 0 spiro atoms. The molecule has 0 saturated carbocycles. The van der Waals surface area contributed by atoms with Gasteiger partial charge in [-0.25, -0.2) is 9.97 Å². The van der Waals surface area contributed by atoms with Crippen molar-refractivity contribution in [2.75, 3.05) is 19.0 Å². The fourth-order valence-corrected chi connectivity index (χ4v) is 2.50.